The molecule has 0 N–H and O–H groups in total. The fraction of sp³-hybridized carbons (Fsp3) is 0.467. The maximum absolute atomic E-state index is 12.0. The van der Waals surface area contributed by atoms with Crippen LogP contribution in [0.5, 0.6) is 0 Å². The molecule has 1 aromatic carbocycles. The molecule has 0 amide bonds. The molecule has 6 nitrogen and oxygen atoms in total. The van der Waals surface area contributed by atoms with Crippen LogP contribution in [0.4, 0.5) is 0 Å². The zero-order valence-corrected chi connectivity index (χ0v) is 13.3. The molecule has 1 atom stereocenters. The highest BCUT2D eigenvalue weighted by Gasteiger charge is 2.32. The molecule has 0 saturated carbocycles. The zero-order chi connectivity index (χ0) is 15.6. The Kier molecular flexibility index (Phi) is 4.26. The summed E-state index contributed by atoms with van der Waals surface area (Å²) in [4.78, 5) is 4.43. The van der Waals surface area contributed by atoms with Gasteiger partial charge < -0.3 is 4.52 Å². The van der Waals surface area contributed by atoms with Crippen LogP contribution in [0.25, 0.3) is 11.5 Å². The summed E-state index contributed by atoms with van der Waals surface area (Å²) in [6, 6.07) is 9.15. The fourth-order valence-electron chi connectivity index (χ4n) is 2.80. The number of hydrogen-bond acceptors (Lipinski definition) is 5. The minimum absolute atomic E-state index is 0.335. The van der Waals surface area contributed by atoms with E-state index in [9.17, 15) is 8.42 Å². The SMILES string of the molecule is CS(=O)(=O)N1CCCCC[C@@H]1c1noc(-c2ccccc2)n1. The Morgan fingerprint density at radius 3 is 2.68 bits per heavy atom. The Balaban J connectivity index is 1.93. The molecule has 2 heterocycles. The third-order valence-corrected chi connectivity index (χ3v) is 5.18. The molecular weight excluding hydrogens is 302 g/mol. The van der Waals surface area contributed by atoms with Crippen LogP contribution in [-0.2, 0) is 10.0 Å². The van der Waals surface area contributed by atoms with Gasteiger partial charge in [0, 0.05) is 12.1 Å². The zero-order valence-electron chi connectivity index (χ0n) is 12.5. The van der Waals surface area contributed by atoms with Crippen molar-refractivity contribution in [2.45, 2.75) is 31.7 Å². The highest BCUT2D eigenvalue weighted by molar-refractivity contribution is 7.88. The summed E-state index contributed by atoms with van der Waals surface area (Å²) < 4.78 is 30.9. The molecule has 1 aromatic heterocycles. The molecule has 118 valence electrons. The lowest BCUT2D eigenvalue weighted by Gasteiger charge is -2.24. The quantitative estimate of drug-likeness (QED) is 0.868. The lowest BCUT2D eigenvalue weighted by atomic mass is 10.1. The number of sulfonamides is 1. The summed E-state index contributed by atoms with van der Waals surface area (Å²) in [5.41, 5.74) is 0.834. The first-order chi connectivity index (χ1) is 10.6. The molecule has 1 saturated heterocycles. The van der Waals surface area contributed by atoms with E-state index >= 15 is 0 Å². The van der Waals surface area contributed by atoms with Gasteiger partial charge in [-0.05, 0) is 25.0 Å². The number of nitrogens with zero attached hydrogens (tertiary/aromatic N) is 3. The Morgan fingerprint density at radius 2 is 1.95 bits per heavy atom. The van der Waals surface area contributed by atoms with Gasteiger partial charge >= 0.3 is 0 Å². The van der Waals surface area contributed by atoms with Gasteiger partial charge in [-0.25, -0.2) is 8.42 Å². The third-order valence-electron chi connectivity index (χ3n) is 3.89. The van der Waals surface area contributed by atoms with E-state index in [-0.39, 0.29) is 6.04 Å². The van der Waals surface area contributed by atoms with E-state index in [0.29, 0.717) is 18.3 Å². The van der Waals surface area contributed by atoms with Crippen LogP contribution in [-0.4, -0.2) is 35.7 Å². The smallest absolute Gasteiger partial charge is 0.257 e. The van der Waals surface area contributed by atoms with Gasteiger partial charge in [-0.1, -0.05) is 36.2 Å². The molecule has 2 aromatic rings. The highest BCUT2D eigenvalue weighted by atomic mass is 32.2. The molecule has 0 bridgehead atoms. The summed E-state index contributed by atoms with van der Waals surface area (Å²) >= 11 is 0. The fourth-order valence-corrected chi connectivity index (χ4v) is 3.93. The molecule has 1 aliphatic heterocycles. The van der Waals surface area contributed by atoms with Crippen LogP contribution in [0, 0.1) is 0 Å². The first kappa shape index (κ1) is 15.2. The van der Waals surface area contributed by atoms with E-state index in [1.54, 1.807) is 0 Å². The van der Waals surface area contributed by atoms with E-state index in [4.69, 9.17) is 4.52 Å². The molecule has 7 heteroatoms. The Hall–Kier alpha value is -1.73. The molecule has 1 aliphatic rings. The second-order valence-electron chi connectivity index (χ2n) is 5.56. The van der Waals surface area contributed by atoms with Crippen molar-refractivity contribution in [2.75, 3.05) is 12.8 Å². The van der Waals surface area contributed by atoms with Gasteiger partial charge in [-0.15, -0.1) is 0 Å². The monoisotopic (exact) mass is 321 g/mol. The van der Waals surface area contributed by atoms with Crippen molar-refractivity contribution in [3.63, 3.8) is 0 Å². The predicted octanol–water partition coefficient (Wildman–Crippen LogP) is 2.61. The molecule has 1 fully saturated rings. The van der Waals surface area contributed by atoms with Crippen molar-refractivity contribution < 1.29 is 12.9 Å². The third kappa shape index (κ3) is 3.20. The molecule has 0 aliphatic carbocycles. The lowest BCUT2D eigenvalue weighted by Crippen LogP contribution is -2.34. The second kappa shape index (κ2) is 6.18. The van der Waals surface area contributed by atoms with Crippen LogP contribution in [0.2, 0.25) is 0 Å². The van der Waals surface area contributed by atoms with Crippen molar-refractivity contribution >= 4 is 10.0 Å². The molecule has 0 radical (unpaired) electrons. The summed E-state index contributed by atoms with van der Waals surface area (Å²) in [5, 5.41) is 4.03. The van der Waals surface area contributed by atoms with Gasteiger partial charge in [0.15, 0.2) is 5.82 Å². The van der Waals surface area contributed by atoms with Crippen molar-refractivity contribution in [3.05, 3.63) is 36.2 Å². The van der Waals surface area contributed by atoms with Crippen molar-refractivity contribution in [1.29, 1.82) is 0 Å². The standard InChI is InChI=1S/C15H19N3O3S/c1-22(19,20)18-11-7-3-6-10-13(18)14-16-15(21-17-14)12-8-4-2-5-9-12/h2,4-5,8-9,13H,3,6-7,10-11H2,1H3/t13-/m1/s1. The van der Waals surface area contributed by atoms with Crippen LogP contribution >= 0.6 is 0 Å². The average molecular weight is 321 g/mol. The topological polar surface area (TPSA) is 76.3 Å². The Morgan fingerprint density at radius 1 is 1.18 bits per heavy atom. The number of benzene rings is 1. The first-order valence-electron chi connectivity index (χ1n) is 7.41. The summed E-state index contributed by atoms with van der Waals surface area (Å²) in [7, 11) is -3.29. The van der Waals surface area contributed by atoms with Crippen LogP contribution in [0.1, 0.15) is 37.5 Å². The summed E-state index contributed by atoms with van der Waals surface area (Å²) in [6.07, 6.45) is 4.81. The van der Waals surface area contributed by atoms with E-state index in [2.05, 4.69) is 10.1 Å². The maximum Gasteiger partial charge on any atom is 0.257 e. The summed E-state index contributed by atoms with van der Waals surface area (Å²) in [5.74, 6) is 0.875. The molecular formula is C15H19N3O3S. The van der Waals surface area contributed by atoms with E-state index in [1.165, 1.54) is 10.6 Å². The number of hydrogen-bond donors (Lipinski definition) is 0. The van der Waals surface area contributed by atoms with E-state index < -0.39 is 10.0 Å². The van der Waals surface area contributed by atoms with E-state index in [0.717, 1.165) is 31.2 Å². The predicted molar refractivity (Wildman–Crippen MR) is 82.5 cm³/mol. The van der Waals surface area contributed by atoms with Gasteiger partial charge in [-0.3, -0.25) is 0 Å². The largest absolute Gasteiger partial charge is 0.334 e. The van der Waals surface area contributed by atoms with Gasteiger partial charge in [0.05, 0.1) is 12.3 Å². The normalized spacial score (nSPS) is 20.7. The van der Waals surface area contributed by atoms with Gasteiger partial charge in [-0.2, -0.15) is 9.29 Å². The Labute approximate surface area is 130 Å². The van der Waals surface area contributed by atoms with Crippen LogP contribution in [0.15, 0.2) is 34.9 Å². The van der Waals surface area contributed by atoms with Crippen molar-refractivity contribution in [1.82, 2.24) is 14.4 Å². The van der Waals surface area contributed by atoms with Gasteiger partial charge in [0.1, 0.15) is 0 Å². The van der Waals surface area contributed by atoms with Crippen LogP contribution < -0.4 is 0 Å². The van der Waals surface area contributed by atoms with E-state index in [1.807, 2.05) is 30.3 Å². The maximum atomic E-state index is 12.0. The molecule has 0 spiro atoms. The molecule has 3 rings (SSSR count). The van der Waals surface area contributed by atoms with Crippen molar-refractivity contribution in [3.8, 4) is 11.5 Å². The summed E-state index contributed by atoms with van der Waals surface area (Å²) in [6.45, 7) is 0.513. The number of aromatic nitrogens is 2. The van der Waals surface area contributed by atoms with Gasteiger partial charge in [0.2, 0.25) is 10.0 Å². The second-order valence-corrected chi connectivity index (χ2v) is 7.50. The lowest BCUT2D eigenvalue weighted by molar-refractivity contribution is 0.307. The number of rotatable bonds is 3. The average Bonchev–Trinajstić information content (AvgIpc) is 2.84. The Bertz CT molecular complexity index is 728. The first-order valence-corrected chi connectivity index (χ1v) is 9.26. The highest BCUT2D eigenvalue weighted by Crippen LogP contribution is 2.31. The molecule has 22 heavy (non-hydrogen) atoms. The van der Waals surface area contributed by atoms with Crippen molar-refractivity contribution in [2.24, 2.45) is 0 Å². The van der Waals surface area contributed by atoms with Gasteiger partial charge in [0.25, 0.3) is 5.89 Å². The minimum Gasteiger partial charge on any atom is -0.334 e. The molecule has 0 unspecified atom stereocenters. The minimum atomic E-state index is -3.29. The van der Waals surface area contributed by atoms with Crippen LogP contribution in [0.3, 0.4) is 0 Å².